The summed E-state index contributed by atoms with van der Waals surface area (Å²) in [5.41, 5.74) is 1.91. The van der Waals surface area contributed by atoms with Crippen LogP contribution in [0.25, 0.3) is 0 Å². The van der Waals surface area contributed by atoms with Gasteiger partial charge >= 0.3 is 0 Å². The largest absolute Gasteiger partial charge is 0.327 e. The Morgan fingerprint density at radius 1 is 1.15 bits per heavy atom. The lowest BCUT2D eigenvalue weighted by molar-refractivity contribution is 0.100. The Hall–Kier alpha value is -3.05. The summed E-state index contributed by atoms with van der Waals surface area (Å²) in [5.74, 6) is -0.0925. The quantitative estimate of drug-likeness (QED) is 0.757. The van der Waals surface area contributed by atoms with Crippen LogP contribution in [0.2, 0.25) is 0 Å². The number of fused-ring (bicyclic) bond motifs is 2. The van der Waals surface area contributed by atoms with Crippen LogP contribution in [0.1, 0.15) is 21.5 Å². The van der Waals surface area contributed by atoms with Crippen LogP contribution in [-0.2, 0) is 6.54 Å². The molecular weight excluding hydrogens is 353 g/mol. The van der Waals surface area contributed by atoms with Crippen LogP contribution in [0.4, 0.5) is 4.39 Å². The number of allylic oxidation sites excluding steroid dienone is 2. The highest BCUT2D eigenvalue weighted by Gasteiger charge is 2.21. The third-order valence-electron chi connectivity index (χ3n) is 4.06. The van der Waals surface area contributed by atoms with Gasteiger partial charge in [-0.15, -0.1) is 0 Å². The third-order valence-corrected chi connectivity index (χ3v) is 4.29. The highest BCUT2D eigenvalue weighted by atomic mass is 35.5. The minimum atomic E-state index is -0.541. The van der Waals surface area contributed by atoms with E-state index in [-0.39, 0.29) is 5.56 Å². The number of amides is 1. The minimum absolute atomic E-state index is 0.179. The molecule has 0 aliphatic carbocycles. The second-order valence-electron chi connectivity index (χ2n) is 5.85. The Balaban J connectivity index is 1.82. The standard InChI is InChI=1S/C20H13ClFN3O/c21-15-8-9-18-23-19(24-20(26)13-5-3-6-16(22)10-13)17-7-2-1-4-14(17)11-25(18)12-15/h1-10,12H,11H2. The van der Waals surface area contributed by atoms with Gasteiger partial charge < -0.3 is 4.90 Å². The highest BCUT2D eigenvalue weighted by molar-refractivity contribution is 6.32. The van der Waals surface area contributed by atoms with E-state index < -0.39 is 11.7 Å². The molecule has 0 fully saturated rings. The lowest BCUT2D eigenvalue weighted by atomic mass is 10.1. The van der Waals surface area contributed by atoms with Gasteiger partial charge in [0.2, 0.25) is 0 Å². The molecule has 0 radical (unpaired) electrons. The normalized spacial score (nSPS) is 17.2. The maximum absolute atomic E-state index is 13.4. The molecule has 0 spiro atoms. The monoisotopic (exact) mass is 365 g/mol. The van der Waals surface area contributed by atoms with Gasteiger partial charge in [0.05, 0.1) is 5.03 Å². The van der Waals surface area contributed by atoms with Crippen molar-refractivity contribution in [1.29, 1.82) is 0 Å². The molecule has 2 aromatic carbocycles. The fourth-order valence-electron chi connectivity index (χ4n) is 2.83. The molecule has 2 aliphatic rings. The van der Waals surface area contributed by atoms with Gasteiger partial charge in [-0.05, 0) is 35.9 Å². The number of carbonyl (C=O) groups excluding carboxylic acids is 1. The first-order valence-corrected chi connectivity index (χ1v) is 8.35. The molecular formula is C20H13ClFN3O. The van der Waals surface area contributed by atoms with E-state index in [1.165, 1.54) is 18.2 Å². The molecule has 1 amide bonds. The van der Waals surface area contributed by atoms with Crippen molar-refractivity contribution in [1.82, 2.24) is 4.90 Å². The van der Waals surface area contributed by atoms with Crippen LogP contribution in [0.3, 0.4) is 0 Å². The summed E-state index contributed by atoms with van der Waals surface area (Å²) in [5, 5.41) is 0.595. The van der Waals surface area contributed by atoms with Crippen molar-refractivity contribution in [3.63, 3.8) is 0 Å². The molecule has 0 N–H and O–H groups in total. The molecule has 6 heteroatoms. The van der Waals surface area contributed by atoms with Crippen LogP contribution in [0, 0.1) is 5.82 Å². The second-order valence-corrected chi connectivity index (χ2v) is 6.29. The molecule has 0 aromatic heterocycles. The molecule has 2 aromatic rings. The summed E-state index contributed by atoms with van der Waals surface area (Å²) < 4.78 is 13.4. The molecule has 26 heavy (non-hydrogen) atoms. The van der Waals surface area contributed by atoms with E-state index in [4.69, 9.17) is 11.6 Å². The van der Waals surface area contributed by atoms with Crippen molar-refractivity contribution < 1.29 is 9.18 Å². The summed E-state index contributed by atoms with van der Waals surface area (Å²) in [6, 6.07) is 13.1. The SMILES string of the molecule is O=C(N=C1N=C2C=CC(Cl)=CN2Cc2ccccc21)c1cccc(F)c1. The molecule has 0 bridgehead atoms. The number of nitrogens with zero attached hydrogens (tertiary/aromatic N) is 3. The number of benzene rings is 2. The molecule has 0 atom stereocenters. The maximum Gasteiger partial charge on any atom is 0.279 e. The van der Waals surface area contributed by atoms with E-state index in [0.29, 0.717) is 23.2 Å². The Bertz CT molecular complexity index is 1020. The molecule has 0 unspecified atom stereocenters. The van der Waals surface area contributed by atoms with Gasteiger partial charge in [-0.3, -0.25) is 4.79 Å². The van der Waals surface area contributed by atoms with E-state index in [9.17, 15) is 9.18 Å². The predicted molar refractivity (Wildman–Crippen MR) is 99.8 cm³/mol. The van der Waals surface area contributed by atoms with Gasteiger partial charge in [0.25, 0.3) is 5.91 Å². The van der Waals surface area contributed by atoms with Crippen molar-refractivity contribution in [2.24, 2.45) is 9.98 Å². The molecule has 4 nitrogen and oxygen atoms in total. The summed E-state index contributed by atoms with van der Waals surface area (Å²) in [4.78, 5) is 23.1. The molecule has 2 aliphatic heterocycles. The number of aliphatic imine (C=N–C) groups is 2. The van der Waals surface area contributed by atoms with Crippen LogP contribution < -0.4 is 0 Å². The zero-order valence-corrected chi connectivity index (χ0v) is 14.3. The average Bonchev–Trinajstić information content (AvgIpc) is 2.78. The van der Waals surface area contributed by atoms with Crippen LogP contribution >= 0.6 is 11.6 Å². The van der Waals surface area contributed by atoms with Gasteiger partial charge in [-0.1, -0.05) is 41.9 Å². The fourth-order valence-corrected chi connectivity index (χ4v) is 3.01. The van der Waals surface area contributed by atoms with Gasteiger partial charge in [0, 0.05) is 23.9 Å². The first kappa shape index (κ1) is 16.4. The third kappa shape index (κ3) is 3.21. The lowest BCUT2D eigenvalue weighted by Gasteiger charge is -2.21. The number of halogens is 2. The van der Waals surface area contributed by atoms with Gasteiger partial charge in [0.15, 0.2) is 5.84 Å². The van der Waals surface area contributed by atoms with E-state index in [1.807, 2.05) is 29.2 Å². The smallest absolute Gasteiger partial charge is 0.279 e. The molecule has 0 saturated heterocycles. The predicted octanol–water partition coefficient (Wildman–Crippen LogP) is 4.28. The first-order valence-electron chi connectivity index (χ1n) is 7.98. The van der Waals surface area contributed by atoms with Crippen molar-refractivity contribution in [3.05, 3.63) is 94.4 Å². The number of hydrogen-bond acceptors (Lipinski definition) is 2. The molecule has 4 rings (SSSR count). The molecule has 128 valence electrons. The van der Waals surface area contributed by atoms with Crippen molar-refractivity contribution in [2.75, 3.05) is 0 Å². The Labute approximate surface area is 154 Å². The number of carbonyl (C=O) groups is 1. The first-order chi connectivity index (χ1) is 12.6. The summed E-state index contributed by atoms with van der Waals surface area (Å²) in [6.07, 6.45) is 5.30. The van der Waals surface area contributed by atoms with E-state index >= 15 is 0 Å². The van der Waals surface area contributed by atoms with Crippen molar-refractivity contribution >= 4 is 29.2 Å². The highest BCUT2D eigenvalue weighted by Crippen LogP contribution is 2.23. The van der Waals surface area contributed by atoms with Crippen LogP contribution in [-0.4, -0.2) is 22.5 Å². The maximum atomic E-state index is 13.4. The fraction of sp³-hybridized carbons (Fsp3) is 0.0500. The number of hydrogen-bond donors (Lipinski definition) is 0. The van der Waals surface area contributed by atoms with Gasteiger partial charge in [-0.2, -0.15) is 4.99 Å². The van der Waals surface area contributed by atoms with E-state index in [1.54, 1.807) is 18.4 Å². The molecule has 2 heterocycles. The second kappa shape index (κ2) is 6.69. The average molecular weight is 366 g/mol. The summed E-state index contributed by atoms with van der Waals surface area (Å²) in [7, 11) is 0. The topological polar surface area (TPSA) is 45.0 Å². The Kier molecular flexibility index (Phi) is 4.22. The molecule has 0 saturated carbocycles. The lowest BCUT2D eigenvalue weighted by Crippen LogP contribution is -2.25. The number of amidine groups is 2. The van der Waals surface area contributed by atoms with Crippen LogP contribution in [0.5, 0.6) is 0 Å². The van der Waals surface area contributed by atoms with Crippen molar-refractivity contribution in [2.45, 2.75) is 6.54 Å². The van der Waals surface area contributed by atoms with Gasteiger partial charge in [-0.25, -0.2) is 9.38 Å². The Morgan fingerprint density at radius 2 is 2.00 bits per heavy atom. The number of rotatable bonds is 1. The van der Waals surface area contributed by atoms with E-state index in [0.717, 1.165) is 17.2 Å². The zero-order valence-electron chi connectivity index (χ0n) is 13.6. The van der Waals surface area contributed by atoms with Crippen LogP contribution in [0.15, 0.2) is 81.9 Å². The van der Waals surface area contributed by atoms with Gasteiger partial charge in [0.1, 0.15) is 11.7 Å². The zero-order chi connectivity index (χ0) is 18.1. The Morgan fingerprint density at radius 3 is 2.85 bits per heavy atom. The minimum Gasteiger partial charge on any atom is -0.327 e. The summed E-state index contributed by atoms with van der Waals surface area (Å²) in [6.45, 7) is 0.558. The summed E-state index contributed by atoms with van der Waals surface area (Å²) >= 11 is 6.09. The van der Waals surface area contributed by atoms with Crippen molar-refractivity contribution in [3.8, 4) is 0 Å². The van der Waals surface area contributed by atoms with E-state index in [2.05, 4.69) is 9.98 Å².